The van der Waals surface area contributed by atoms with E-state index < -0.39 is 32.3 Å². The quantitative estimate of drug-likeness (QED) is 0.216. The number of carbonyl (C=O) groups excluding carboxylic acids is 2. The van der Waals surface area contributed by atoms with Crippen LogP contribution in [0.3, 0.4) is 0 Å². The highest BCUT2D eigenvalue weighted by Gasteiger charge is 2.29. The van der Waals surface area contributed by atoms with E-state index in [0.717, 1.165) is 11.4 Å². The first kappa shape index (κ1) is 27.0. The Balaban J connectivity index is 1.94. The zero-order valence-electron chi connectivity index (χ0n) is 18.6. The molecule has 0 bridgehead atoms. The molecule has 0 radical (unpaired) electrons. The summed E-state index contributed by atoms with van der Waals surface area (Å²) < 4.78 is 34.1. The molecule has 2 N–H and O–H groups in total. The summed E-state index contributed by atoms with van der Waals surface area (Å²) >= 11 is 0.955. The van der Waals surface area contributed by atoms with E-state index in [2.05, 4.69) is 10.6 Å². The van der Waals surface area contributed by atoms with Crippen LogP contribution in [0.1, 0.15) is 20.7 Å². The van der Waals surface area contributed by atoms with Gasteiger partial charge >= 0.3 is 18.7 Å². The van der Waals surface area contributed by atoms with Crippen molar-refractivity contribution in [3.8, 4) is 0 Å². The van der Waals surface area contributed by atoms with Gasteiger partial charge in [0.1, 0.15) is 0 Å². The average molecular weight is 497 g/mol. The van der Waals surface area contributed by atoms with E-state index in [4.69, 9.17) is 18.5 Å². The van der Waals surface area contributed by atoms with Crippen LogP contribution in [0.2, 0.25) is 0 Å². The summed E-state index contributed by atoms with van der Waals surface area (Å²) in [6.45, 7) is -3.60. The maximum atomic E-state index is 13.3. The molecule has 2 rings (SSSR count). The zero-order chi connectivity index (χ0) is 23.9. The summed E-state index contributed by atoms with van der Waals surface area (Å²) in [6.07, 6.45) is 0. The van der Waals surface area contributed by atoms with Gasteiger partial charge in [0, 0.05) is 5.75 Å². The standard InChI is InChI=1S/C22H29N2O7PS/c1-23-13-18(14-24-2)15-33-32(27,30-16-28-21(25)19-9-5-3-6-10-19)31-17-29-22(26)20-11-7-4-8-12-20/h3-12,18,23-24H,13-17H2,1-2H3. The van der Waals surface area contributed by atoms with Gasteiger partial charge in [-0.2, -0.15) is 0 Å². The van der Waals surface area contributed by atoms with Crippen molar-refractivity contribution in [1.29, 1.82) is 0 Å². The van der Waals surface area contributed by atoms with Crippen LogP contribution in [0.15, 0.2) is 60.7 Å². The molecule has 0 spiro atoms. The second-order valence-corrected chi connectivity index (χ2v) is 10.9. The van der Waals surface area contributed by atoms with Gasteiger partial charge in [-0.3, -0.25) is 9.05 Å². The highest BCUT2D eigenvalue weighted by molar-refractivity contribution is 8.55. The second kappa shape index (κ2) is 14.8. The van der Waals surface area contributed by atoms with E-state index in [1.165, 1.54) is 0 Å². The van der Waals surface area contributed by atoms with E-state index in [9.17, 15) is 14.2 Å². The molecule has 2 aromatic rings. The summed E-state index contributed by atoms with van der Waals surface area (Å²) in [5.74, 6) is -0.681. The van der Waals surface area contributed by atoms with Crippen molar-refractivity contribution in [2.45, 2.75) is 0 Å². The molecule has 11 heteroatoms. The van der Waals surface area contributed by atoms with E-state index in [1.54, 1.807) is 60.7 Å². The lowest BCUT2D eigenvalue weighted by atomic mass is 10.2. The van der Waals surface area contributed by atoms with E-state index in [0.29, 0.717) is 30.0 Å². The normalized spacial score (nSPS) is 11.4. The van der Waals surface area contributed by atoms with Gasteiger partial charge in [0.25, 0.3) is 0 Å². The first-order valence-corrected chi connectivity index (χ1v) is 13.4. The molecule has 0 aliphatic heterocycles. The Bertz CT molecular complexity index is 835. The number of nitrogens with one attached hydrogen (secondary N) is 2. The van der Waals surface area contributed by atoms with Crippen LogP contribution in [0, 0.1) is 5.92 Å². The van der Waals surface area contributed by atoms with Gasteiger partial charge < -0.3 is 20.1 Å². The molecule has 0 atom stereocenters. The summed E-state index contributed by atoms with van der Waals surface area (Å²) in [4.78, 5) is 24.2. The van der Waals surface area contributed by atoms with Gasteiger partial charge in [0.15, 0.2) is 0 Å². The highest BCUT2D eigenvalue weighted by atomic mass is 32.7. The van der Waals surface area contributed by atoms with Crippen molar-refractivity contribution in [1.82, 2.24) is 10.6 Å². The molecule has 2 aromatic carbocycles. The molecular formula is C22H29N2O7PS. The lowest BCUT2D eigenvalue weighted by molar-refractivity contribution is -0.00406. The van der Waals surface area contributed by atoms with Crippen LogP contribution in [0.4, 0.5) is 0 Å². The number of ether oxygens (including phenoxy) is 2. The van der Waals surface area contributed by atoms with Crippen molar-refractivity contribution in [3.05, 3.63) is 71.8 Å². The third kappa shape index (κ3) is 10.1. The Morgan fingerprint density at radius 1 is 0.818 bits per heavy atom. The molecule has 180 valence electrons. The van der Waals surface area contributed by atoms with Crippen LogP contribution in [-0.2, 0) is 23.1 Å². The van der Waals surface area contributed by atoms with Gasteiger partial charge in [-0.15, -0.1) is 0 Å². The van der Waals surface area contributed by atoms with Crippen molar-refractivity contribution in [2.24, 2.45) is 5.92 Å². The molecule has 0 fully saturated rings. The minimum Gasteiger partial charge on any atom is -0.434 e. The maximum absolute atomic E-state index is 13.3. The van der Waals surface area contributed by atoms with Crippen LogP contribution in [0.25, 0.3) is 0 Å². The second-order valence-electron chi connectivity index (χ2n) is 6.81. The van der Waals surface area contributed by atoms with Crippen molar-refractivity contribution in [3.63, 3.8) is 0 Å². The third-order valence-corrected chi connectivity index (χ3v) is 8.08. The average Bonchev–Trinajstić information content (AvgIpc) is 2.84. The fraction of sp³-hybridized carbons (Fsp3) is 0.364. The zero-order valence-corrected chi connectivity index (χ0v) is 20.3. The van der Waals surface area contributed by atoms with Gasteiger partial charge in [-0.1, -0.05) is 36.4 Å². The van der Waals surface area contributed by atoms with Gasteiger partial charge in [-0.05, 0) is 68.7 Å². The molecular weight excluding hydrogens is 467 g/mol. The molecule has 0 saturated heterocycles. The monoisotopic (exact) mass is 496 g/mol. The number of benzene rings is 2. The predicted molar refractivity (Wildman–Crippen MR) is 127 cm³/mol. The molecule has 0 aromatic heterocycles. The Hall–Kier alpha value is -2.20. The minimum atomic E-state index is -3.81. The molecule has 33 heavy (non-hydrogen) atoms. The van der Waals surface area contributed by atoms with Crippen LogP contribution in [0.5, 0.6) is 0 Å². The molecule has 0 saturated carbocycles. The predicted octanol–water partition coefficient (Wildman–Crippen LogP) is 3.54. The van der Waals surface area contributed by atoms with Crippen LogP contribution < -0.4 is 10.6 Å². The number of esters is 2. The first-order chi connectivity index (χ1) is 16.0. The Morgan fingerprint density at radius 2 is 1.24 bits per heavy atom. The fourth-order valence-corrected chi connectivity index (χ4v) is 5.78. The molecule has 0 amide bonds. The van der Waals surface area contributed by atoms with Gasteiger partial charge in [0.05, 0.1) is 11.1 Å². The fourth-order valence-electron chi connectivity index (χ4n) is 2.68. The lowest BCUT2D eigenvalue weighted by Gasteiger charge is -2.21. The summed E-state index contributed by atoms with van der Waals surface area (Å²) in [5.41, 5.74) is 0.675. The largest absolute Gasteiger partial charge is 0.434 e. The highest BCUT2D eigenvalue weighted by Crippen LogP contribution is 2.61. The Morgan fingerprint density at radius 3 is 1.64 bits per heavy atom. The third-order valence-electron chi connectivity index (χ3n) is 4.27. The maximum Gasteiger partial charge on any atom is 0.394 e. The van der Waals surface area contributed by atoms with E-state index in [-0.39, 0.29) is 5.92 Å². The minimum absolute atomic E-state index is 0.129. The number of rotatable bonds is 15. The number of carbonyl (C=O) groups is 2. The Kier molecular flexibility index (Phi) is 12.2. The first-order valence-electron chi connectivity index (χ1n) is 10.2. The van der Waals surface area contributed by atoms with Gasteiger partial charge in [0.2, 0.25) is 13.6 Å². The van der Waals surface area contributed by atoms with Crippen LogP contribution in [-0.4, -0.2) is 58.5 Å². The molecule has 9 nitrogen and oxygen atoms in total. The molecule has 0 aliphatic rings. The number of hydrogen-bond donors (Lipinski definition) is 2. The van der Waals surface area contributed by atoms with E-state index >= 15 is 0 Å². The summed E-state index contributed by atoms with van der Waals surface area (Å²) in [7, 11) is 3.65. The van der Waals surface area contributed by atoms with Crippen molar-refractivity contribution < 1.29 is 32.7 Å². The molecule has 0 unspecified atom stereocenters. The summed E-state index contributed by atoms with van der Waals surface area (Å²) in [6, 6.07) is 16.7. The Labute approximate surface area is 197 Å². The smallest absolute Gasteiger partial charge is 0.394 e. The molecule has 0 aliphatic carbocycles. The van der Waals surface area contributed by atoms with Crippen molar-refractivity contribution in [2.75, 3.05) is 46.5 Å². The molecule has 0 heterocycles. The van der Waals surface area contributed by atoms with Gasteiger partial charge in [-0.25, -0.2) is 14.2 Å². The van der Waals surface area contributed by atoms with Crippen LogP contribution >= 0.6 is 18.2 Å². The topological polar surface area (TPSA) is 112 Å². The van der Waals surface area contributed by atoms with E-state index in [1.807, 2.05) is 14.1 Å². The van der Waals surface area contributed by atoms with Crippen molar-refractivity contribution >= 4 is 30.1 Å². The number of hydrogen-bond acceptors (Lipinski definition) is 10. The SMILES string of the molecule is CNCC(CNC)CSP(=O)(OCOC(=O)c1ccccc1)OCOC(=O)c1ccccc1. The summed E-state index contributed by atoms with van der Waals surface area (Å²) in [5, 5.41) is 6.16. The lowest BCUT2D eigenvalue weighted by Crippen LogP contribution is -2.29.